The Morgan fingerprint density at radius 1 is 1.70 bits per heavy atom. The predicted molar refractivity (Wildman–Crippen MR) is 53.3 cm³/mol. The quantitative estimate of drug-likeness (QED) is 0.602. The number of hydrogen-bond acceptors (Lipinski definition) is 1. The van der Waals surface area contributed by atoms with Crippen LogP contribution in [0.5, 0.6) is 0 Å². The molecule has 0 aromatic heterocycles. The van der Waals surface area contributed by atoms with Crippen molar-refractivity contribution in [1.82, 2.24) is 0 Å². The fourth-order valence-corrected chi connectivity index (χ4v) is 2.17. The van der Waals surface area contributed by atoms with E-state index in [2.05, 4.69) is 0 Å². The zero-order chi connectivity index (χ0) is 7.98. The number of halogens is 1. The summed E-state index contributed by atoms with van der Waals surface area (Å²) in [5.74, 6) is -0.257. The Hall–Kier alpha value is -0.190. The molecule has 3 heteroatoms. The number of carbonyl (C=O) groups is 1. The molecule has 0 aliphatic heterocycles. The van der Waals surface area contributed by atoms with Crippen LogP contribution < -0.4 is 5.73 Å². The standard InChI is InChI=1S/C7H12INO/c1-3-5-6(7(9)10)8-4-2/h4-5H,3H2,1-2H3,(H2,9,10)/b6-5-. The number of allylic oxidation sites excluding steroid dienone is 1. The molecule has 0 fully saturated rings. The third kappa shape index (κ3) is 3.76. The van der Waals surface area contributed by atoms with Crippen LogP contribution in [-0.2, 0) is 4.79 Å². The summed E-state index contributed by atoms with van der Waals surface area (Å²) in [7, 11) is 0. The number of amides is 1. The van der Waals surface area contributed by atoms with Crippen molar-refractivity contribution in [3.63, 3.8) is 0 Å². The number of rotatable bonds is 3. The molecule has 2 N–H and O–H groups in total. The smallest absolute Gasteiger partial charge is 0.254 e. The molecule has 0 spiro atoms. The number of carbonyl (C=O) groups excluding carboxylic acids is 1. The van der Waals surface area contributed by atoms with Crippen LogP contribution in [0.4, 0.5) is 0 Å². The first kappa shape index (κ1) is 9.81. The van der Waals surface area contributed by atoms with Crippen molar-refractivity contribution in [2.45, 2.75) is 20.3 Å². The summed E-state index contributed by atoms with van der Waals surface area (Å²) < 4.78 is 2.86. The van der Waals surface area contributed by atoms with Gasteiger partial charge in [0.15, 0.2) is 0 Å². The van der Waals surface area contributed by atoms with Crippen molar-refractivity contribution in [1.29, 1.82) is 0 Å². The van der Waals surface area contributed by atoms with Gasteiger partial charge in [0.1, 0.15) is 0 Å². The van der Waals surface area contributed by atoms with Gasteiger partial charge >= 0.3 is 0 Å². The fourth-order valence-electron chi connectivity index (χ4n) is 0.496. The Kier molecular flexibility index (Phi) is 5.48. The fraction of sp³-hybridized carbons (Fsp3) is 0.429. The van der Waals surface area contributed by atoms with Gasteiger partial charge in [-0.25, -0.2) is 0 Å². The number of primary amides is 1. The third-order valence-electron chi connectivity index (χ3n) is 0.845. The van der Waals surface area contributed by atoms with Gasteiger partial charge in [-0.3, -0.25) is 4.79 Å². The van der Waals surface area contributed by atoms with Crippen molar-refractivity contribution < 1.29 is 4.79 Å². The van der Waals surface area contributed by atoms with Crippen LogP contribution in [0.1, 0.15) is 20.3 Å². The zero-order valence-corrected chi connectivity index (χ0v) is 8.38. The minimum atomic E-state index is -0.257. The topological polar surface area (TPSA) is 43.1 Å². The lowest BCUT2D eigenvalue weighted by Crippen LogP contribution is -2.10. The van der Waals surface area contributed by atoms with E-state index in [1.807, 2.05) is 23.9 Å². The molecule has 2 nitrogen and oxygen atoms in total. The highest BCUT2D eigenvalue weighted by Crippen LogP contribution is 2.12. The minimum absolute atomic E-state index is 0.223. The summed E-state index contributed by atoms with van der Waals surface area (Å²) in [5.41, 5.74) is 5.11. The molecule has 0 rings (SSSR count). The summed E-state index contributed by atoms with van der Waals surface area (Å²) in [6, 6.07) is 0. The Morgan fingerprint density at radius 3 is 2.60 bits per heavy atom. The normalized spacial score (nSPS) is 13.2. The Morgan fingerprint density at radius 2 is 2.30 bits per heavy atom. The van der Waals surface area contributed by atoms with Gasteiger partial charge in [-0.1, -0.05) is 37.7 Å². The van der Waals surface area contributed by atoms with Crippen LogP contribution in [0.15, 0.2) is 9.66 Å². The van der Waals surface area contributed by atoms with E-state index in [4.69, 9.17) is 5.73 Å². The predicted octanol–water partition coefficient (Wildman–Crippen LogP) is 1.56. The maximum absolute atomic E-state index is 10.6. The van der Waals surface area contributed by atoms with E-state index in [0.29, 0.717) is 0 Å². The van der Waals surface area contributed by atoms with E-state index in [9.17, 15) is 4.79 Å². The van der Waals surface area contributed by atoms with E-state index in [1.165, 1.54) is 0 Å². The molecule has 0 aromatic carbocycles. The monoisotopic (exact) mass is 253 g/mol. The molecule has 0 heterocycles. The highest BCUT2D eigenvalue weighted by molar-refractivity contribution is 14.2. The largest absolute Gasteiger partial charge is 0.365 e. The summed E-state index contributed by atoms with van der Waals surface area (Å²) >= 11 is -0.223. The van der Waals surface area contributed by atoms with Crippen molar-refractivity contribution in [2.75, 3.05) is 0 Å². The lowest BCUT2D eigenvalue weighted by Gasteiger charge is -1.91. The van der Waals surface area contributed by atoms with E-state index >= 15 is 0 Å². The van der Waals surface area contributed by atoms with E-state index in [0.717, 1.165) is 10.0 Å². The molecule has 0 aliphatic rings. The van der Waals surface area contributed by atoms with Crippen molar-refractivity contribution in [3.05, 3.63) is 9.66 Å². The van der Waals surface area contributed by atoms with Crippen LogP contribution in [0.3, 0.4) is 0 Å². The van der Waals surface area contributed by atoms with Gasteiger partial charge in [-0.05, 0) is 13.3 Å². The summed E-state index contributed by atoms with van der Waals surface area (Å²) in [4.78, 5) is 10.6. The van der Waals surface area contributed by atoms with Crippen molar-refractivity contribution in [3.8, 4) is 0 Å². The van der Waals surface area contributed by atoms with Gasteiger partial charge in [0.2, 0.25) is 0 Å². The van der Waals surface area contributed by atoms with E-state index < -0.39 is 0 Å². The first-order valence-corrected chi connectivity index (χ1v) is 5.46. The third-order valence-corrected chi connectivity index (χ3v) is 3.11. The van der Waals surface area contributed by atoms with Crippen molar-refractivity contribution >= 4 is 30.6 Å². The average molecular weight is 253 g/mol. The number of nitrogens with two attached hydrogens (primary N) is 1. The van der Waals surface area contributed by atoms with Gasteiger partial charge in [-0.2, -0.15) is 0 Å². The molecular formula is C7H12INO. The van der Waals surface area contributed by atoms with Gasteiger partial charge in [-0.15, -0.1) is 0 Å². The zero-order valence-electron chi connectivity index (χ0n) is 6.23. The first-order valence-electron chi connectivity index (χ1n) is 3.13. The minimum Gasteiger partial charge on any atom is -0.365 e. The number of hydrogen-bond donors (Lipinski definition) is 1. The van der Waals surface area contributed by atoms with Gasteiger partial charge < -0.3 is 5.73 Å². The lowest BCUT2D eigenvalue weighted by atomic mass is 10.4. The molecule has 0 bridgehead atoms. The highest BCUT2D eigenvalue weighted by Gasteiger charge is 1.97. The van der Waals surface area contributed by atoms with E-state index in [-0.39, 0.29) is 26.6 Å². The molecule has 0 radical (unpaired) electrons. The molecule has 0 aliphatic carbocycles. The Labute approximate surface area is 71.2 Å². The van der Waals surface area contributed by atoms with Crippen LogP contribution in [0, 0.1) is 0 Å². The summed E-state index contributed by atoms with van der Waals surface area (Å²) in [6.07, 6.45) is 2.81. The second-order valence-electron chi connectivity index (χ2n) is 1.65. The van der Waals surface area contributed by atoms with Gasteiger partial charge in [0.05, 0.1) is 3.58 Å². The lowest BCUT2D eigenvalue weighted by molar-refractivity contribution is -0.113. The van der Waals surface area contributed by atoms with Crippen LogP contribution in [0.25, 0.3) is 0 Å². The van der Waals surface area contributed by atoms with E-state index in [1.54, 1.807) is 0 Å². The molecule has 0 saturated heterocycles. The molecule has 0 unspecified atom stereocenters. The van der Waals surface area contributed by atoms with Gasteiger partial charge in [0.25, 0.3) is 5.91 Å². The Bertz CT molecular complexity index is 172. The van der Waals surface area contributed by atoms with Gasteiger partial charge in [0, 0.05) is 0 Å². The molecule has 0 saturated carbocycles. The maximum atomic E-state index is 10.6. The summed E-state index contributed by atoms with van der Waals surface area (Å²) in [6.45, 7) is 3.96. The second kappa shape index (κ2) is 5.58. The van der Waals surface area contributed by atoms with Crippen molar-refractivity contribution in [2.24, 2.45) is 5.73 Å². The van der Waals surface area contributed by atoms with Crippen LogP contribution in [-0.4, -0.2) is 9.92 Å². The highest BCUT2D eigenvalue weighted by atomic mass is 127. The molecule has 0 atom stereocenters. The average Bonchev–Trinajstić information content (AvgIpc) is 1.87. The molecule has 1 amide bonds. The first-order chi connectivity index (χ1) is 4.72. The molecule has 0 aromatic rings. The molecular weight excluding hydrogens is 241 g/mol. The van der Waals surface area contributed by atoms with Crippen LogP contribution >= 0.6 is 20.7 Å². The second-order valence-corrected chi connectivity index (χ2v) is 4.68. The molecule has 58 valence electrons. The summed E-state index contributed by atoms with van der Waals surface area (Å²) in [5, 5.41) is 0. The van der Waals surface area contributed by atoms with Crippen LogP contribution in [0.2, 0.25) is 0 Å². The SMILES string of the molecule is CC=I/C(=C\CC)C(N)=O. The Balaban J connectivity index is 4.26. The molecule has 10 heavy (non-hydrogen) atoms. The maximum Gasteiger partial charge on any atom is 0.254 e.